The molecule has 0 saturated carbocycles. The summed E-state index contributed by atoms with van der Waals surface area (Å²) in [6.07, 6.45) is 0. The van der Waals surface area contributed by atoms with E-state index in [1.165, 1.54) is 4.90 Å². The van der Waals surface area contributed by atoms with Crippen LogP contribution in [0, 0.1) is 0 Å². The van der Waals surface area contributed by atoms with Gasteiger partial charge >= 0.3 is 0 Å². The third-order valence-electron chi connectivity index (χ3n) is 4.39. The number of hydrogen-bond acceptors (Lipinski definition) is 5. The Morgan fingerprint density at radius 2 is 1.91 bits per heavy atom. The van der Waals surface area contributed by atoms with Crippen LogP contribution in [0.25, 0.3) is 0 Å². The lowest BCUT2D eigenvalue weighted by molar-refractivity contribution is -0.121. The first-order valence-electron chi connectivity index (χ1n) is 7.54. The Labute approximate surface area is 136 Å². The monoisotopic (exact) mass is 339 g/mol. The number of para-hydroxylation sites is 1. The van der Waals surface area contributed by atoms with Crippen molar-refractivity contribution >= 4 is 21.6 Å². The number of nitrogens with zero attached hydrogens (tertiary/aromatic N) is 2. The molecule has 0 aromatic heterocycles. The van der Waals surface area contributed by atoms with Crippen molar-refractivity contribution in [1.29, 1.82) is 0 Å². The van der Waals surface area contributed by atoms with E-state index in [0.717, 1.165) is 11.3 Å². The zero-order valence-corrected chi connectivity index (χ0v) is 14.1. The summed E-state index contributed by atoms with van der Waals surface area (Å²) in [5, 5.41) is 1.62. The Balaban J connectivity index is 1.84. The molecule has 2 aliphatic rings. The molecular weight excluding hydrogens is 318 g/mol. The number of carbonyl (C=O) groups is 1. The topological polar surface area (TPSA) is 79.0 Å². The van der Waals surface area contributed by atoms with Gasteiger partial charge in [0.1, 0.15) is 0 Å². The number of hydrogen-bond donors (Lipinski definition) is 1. The third kappa shape index (κ3) is 2.99. The number of hydrazine groups is 1. The van der Waals surface area contributed by atoms with Crippen molar-refractivity contribution in [3.05, 3.63) is 29.8 Å². The van der Waals surface area contributed by atoms with Gasteiger partial charge in [-0.1, -0.05) is 18.2 Å². The molecule has 0 unspecified atom stereocenters. The summed E-state index contributed by atoms with van der Waals surface area (Å²) in [7, 11) is -1.97. The van der Waals surface area contributed by atoms with Crippen LogP contribution in [-0.4, -0.2) is 58.4 Å². The molecule has 7 nitrogen and oxygen atoms in total. The Bertz CT molecular complexity index is 715. The van der Waals surface area contributed by atoms with E-state index < -0.39 is 15.4 Å². The van der Waals surface area contributed by atoms with E-state index in [1.54, 1.807) is 19.0 Å². The molecule has 1 aromatic rings. The molecule has 0 bridgehead atoms. The summed E-state index contributed by atoms with van der Waals surface area (Å²) in [5.41, 5.74) is 0.435. The number of nitrogens with one attached hydrogen (secondary N) is 1. The molecule has 2 heterocycles. The maximum Gasteiger partial charge on any atom is 0.238 e. The first-order valence-corrected chi connectivity index (χ1v) is 9.19. The van der Waals surface area contributed by atoms with E-state index in [-0.39, 0.29) is 11.7 Å². The average molecular weight is 339 g/mol. The van der Waals surface area contributed by atoms with Crippen molar-refractivity contribution in [2.24, 2.45) is 0 Å². The smallest absolute Gasteiger partial charge is 0.238 e. The minimum absolute atomic E-state index is 0.203. The van der Waals surface area contributed by atoms with Crippen molar-refractivity contribution in [2.45, 2.75) is 12.3 Å². The highest BCUT2D eigenvalue weighted by atomic mass is 32.2. The van der Waals surface area contributed by atoms with E-state index in [0.29, 0.717) is 26.3 Å². The van der Waals surface area contributed by atoms with Gasteiger partial charge in [0.25, 0.3) is 0 Å². The second-order valence-electron chi connectivity index (χ2n) is 6.16. The third-order valence-corrected chi connectivity index (χ3v) is 5.89. The molecule has 8 heteroatoms. The molecule has 1 N–H and O–H groups in total. The van der Waals surface area contributed by atoms with E-state index in [4.69, 9.17) is 4.74 Å². The highest BCUT2D eigenvalue weighted by Crippen LogP contribution is 2.41. The maximum absolute atomic E-state index is 12.7. The summed E-state index contributed by atoms with van der Waals surface area (Å²) in [4.78, 5) is 16.7. The lowest BCUT2D eigenvalue weighted by Crippen LogP contribution is -2.52. The summed E-state index contributed by atoms with van der Waals surface area (Å²) in [6.45, 7) is 3.67. The van der Waals surface area contributed by atoms with Crippen LogP contribution in [0.15, 0.2) is 24.3 Å². The van der Waals surface area contributed by atoms with Crippen LogP contribution in [0.5, 0.6) is 0 Å². The van der Waals surface area contributed by atoms with Crippen LogP contribution in [0.3, 0.4) is 0 Å². The summed E-state index contributed by atoms with van der Waals surface area (Å²) in [6, 6.07) is 7.32. The van der Waals surface area contributed by atoms with Crippen LogP contribution < -0.4 is 9.73 Å². The van der Waals surface area contributed by atoms with Crippen molar-refractivity contribution in [3.8, 4) is 0 Å². The van der Waals surface area contributed by atoms with Gasteiger partial charge < -0.3 is 9.64 Å². The zero-order valence-electron chi connectivity index (χ0n) is 13.3. The van der Waals surface area contributed by atoms with Crippen molar-refractivity contribution in [1.82, 2.24) is 9.84 Å². The van der Waals surface area contributed by atoms with Gasteiger partial charge in [-0.3, -0.25) is 4.79 Å². The first kappa shape index (κ1) is 16.4. The molecule has 1 saturated heterocycles. The fourth-order valence-corrected chi connectivity index (χ4v) is 4.91. The molecule has 1 aromatic carbocycles. The minimum Gasteiger partial charge on any atom is -0.379 e. The molecule has 1 fully saturated rings. The lowest BCUT2D eigenvalue weighted by atomic mass is 9.86. The highest BCUT2D eigenvalue weighted by molar-refractivity contribution is 7.89. The number of benzene rings is 1. The molecule has 0 radical (unpaired) electrons. The molecular formula is C15H21N3O4S. The number of likely N-dealkylation sites (N-methyl/N-ethyl adjacent to an activating group) is 1. The lowest BCUT2D eigenvalue weighted by Gasteiger charge is -2.29. The summed E-state index contributed by atoms with van der Waals surface area (Å²) < 4.78 is 30.3. The van der Waals surface area contributed by atoms with Gasteiger partial charge in [-0.2, -0.15) is 0 Å². The largest absolute Gasteiger partial charge is 0.379 e. The van der Waals surface area contributed by atoms with Crippen molar-refractivity contribution in [3.63, 3.8) is 0 Å². The highest BCUT2D eigenvalue weighted by Gasteiger charge is 2.48. The first-order chi connectivity index (χ1) is 10.8. The Hall–Kier alpha value is -1.48. The number of morpholine rings is 1. The van der Waals surface area contributed by atoms with Gasteiger partial charge in [0, 0.05) is 25.8 Å². The molecule has 1 atom stereocenters. The van der Waals surface area contributed by atoms with Gasteiger partial charge in [-0.25, -0.2) is 13.4 Å². The quantitative estimate of drug-likeness (QED) is 0.841. The molecule has 23 heavy (non-hydrogen) atoms. The van der Waals surface area contributed by atoms with Crippen molar-refractivity contribution < 1.29 is 17.9 Å². The normalized spacial score (nSPS) is 25.7. The van der Waals surface area contributed by atoms with Crippen molar-refractivity contribution in [2.75, 3.05) is 44.0 Å². The predicted molar refractivity (Wildman–Crippen MR) is 86.5 cm³/mol. The summed E-state index contributed by atoms with van der Waals surface area (Å²) >= 11 is 0. The van der Waals surface area contributed by atoms with E-state index in [2.05, 4.69) is 4.83 Å². The molecule has 0 aliphatic carbocycles. The van der Waals surface area contributed by atoms with Crippen LogP contribution >= 0.6 is 0 Å². The Kier molecular flexibility index (Phi) is 4.18. The molecule has 126 valence electrons. The number of anilines is 1. The predicted octanol–water partition coefficient (Wildman–Crippen LogP) is 0.0873. The van der Waals surface area contributed by atoms with Gasteiger partial charge in [-0.15, -0.1) is 4.83 Å². The number of rotatable bonds is 4. The average Bonchev–Trinajstić information content (AvgIpc) is 2.70. The zero-order chi connectivity index (χ0) is 16.7. The standard InChI is InChI=1S/C15H21N3O4S/c1-15(11-23(20,21)16-18-7-9-22-10-8-18)12-5-3-4-6-13(12)17(2)14(15)19/h3-6,16H,7-11H2,1-2H3/t15-/m1/s1. The molecule has 1 amide bonds. The van der Waals surface area contributed by atoms with E-state index in [1.807, 2.05) is 24.3 Å². The van der Waals surface area contributed by atoms with Gasteiger partial charge in [-0.05, 0) is 18.6 Å². The van der Waals surface area contributed by atoms with Gasteiger partial charge in [0.2, 0.25) is 15.9 Å². The fourth-order valence-electron chi connectivity index (χ4n) is 3.23. The molecule has 3 rings (SSSR count). The molecule has 2 aliphatic heterocycles. The number of ether oxygens (including phenoxy) is 1. The van der Waals surface area contributed by atoms with Crippen LogP contribution in [0.1, 0.15) is 12.5 Å². The number of amides is 1. The van der Waals surface area contributed by atoms with Gasteiger partial charge in [0.15, 0.2) is 0 Å². The number of fused-ring (bicyclic) bond motifs is 1. The Morgan fingerprint density at radius 3 is 2.61 bits per heavy atom. The summed E-state index contributed by atoms with van der Waals surface area (Å²) in [5.74, 6) is -0.483. The second-order valence-corrected chi connectivity index (χ2v) is 7.86. The number of carbonyl (C=O) groups excluding carboxylic acids is 1. The van der Waals surface area contributed by atoms with Crippen LogP contribution in [-0.2, 0) is 25.0 Å². The Morgan fingerprint density at radius 1 is 1.26 bits per heavy atom. The SMILES string of the molecule is CN1C(=O)[C@](C)(CS(=O)(=O)NN2CCOCC2)c2ccccc21. The van der Waals surface area contributed by atoms with Crippen LogP contribution in [0.2, 0.25) is 0 Å². The fraction of sp³-hybridized carbons (Fsp3) is 0.533. The van der Waals surface area contributed by atoms with E-state index >= 15 is 0 Å². The van der Waals surface area contributed by atoms with Gasteiger partial charge in [0.05, 0.1) is 24.4 Å². The maximum atomic E-state index is 12.7. The number of sulfonamides is 1. The second kappa shape index (κ2) is 5.86. The minimum atomic E-state index is -3.65. The molecule has 0 spiro atoms. The van der Waals surface area contributed by atoms with E-state index in [9.17, 15) is 13.2 Å². The van der Waals surface area contributed by atoms with Crippen LogP contribution in [0.4, 0.5) is 5.69 Å².